The minimum atomic E-state index is -0.0103. The Kier molecular flexibility index (Phi) is 3.09. The van der Waals surface area contributed by atoms with Gasteiger partial charge in [0.2, 0.25) is 0 Å². The highest BCUT2D eigenvalue weighted by molar-refractivity contribution is 5.81. The number of nitrogens with two attached hydrogens (primary N) is 1. The predicted octanol–water partition coefficient (Wildman–Crippen LogP) is 2.80. The summed E-state index contributed by atoms with van der Waals surface area (Å²) < 4.78 is 7.34. The Bertz CT molecular complexity index is 683. The van der Waals surface area contributed by atoms with Crippen molar-refractivity contribution in [1.82, 2.24) is 9.78 Å². The molecule has 19 heavy (non-hydrogen) atoms. The van der Waals surface area contributed by atoms with Crippen LogP contribution in [0, 0.1) is 0 Å². The Morgan fingerprint density at radius 3 is 3.00 bits per heavy atom. The van der Waals surface area contributed by atoms with E-state index >= 15 is 0 Å². The van der Waals surface area contributed by atoms with Crippen LogP contribution in [0.15, 0.2) is 47.3 Å². The summed E-state index contributed by atoms with van der Waals surface area (Å²) in [7, 11) is 1.92. The number of rotatable bonds is 4. The van der Waals surface area contributed by atoms with Crippen LogP contribution in [0.3, 0.4) is 0 Å². The number of furan rings is 1. The summed E-state index contributed by atoms with van der Waals surface area (Å²) in [6, 6.07) is 7.99. The second-order valence-electron chi connectivity index (χ2n) is 4.85. The molecule has 3 rings (SSSR count). The number of aromatic nitrogens is 2. The summed E-state index contributed by atoms with van der Waals surface area (Å²) in [5.41, 5.74) is 9.47. The third-order valence-corrected chi connectivity index (χ3v) is 3.41. The van der Waals surface area contributed by atoms with E-state index in [1.807, 2.05) is 42.3 Å². The van der Waals surface area contributed by atoms with E-state index in [-0.39, 0.29) is 6.04 Å². The van der Waals surface area contributed by atoms with Crippen LogP contribution in [0.1, 0.15) is 23.6 Å². The predicted molar refractivity (Wildman–Crippen MR) is 74.7 cm³/mol. The SMILES string of the molecule is Cn1cc(CCC(N)c2coc3ccccc23)cn1. The molecule has 1 atom stereocenters. The summed E-state index contributed by atoms with van der Waals surface area (Å²) in [6.45, 7) is 0. The fourth-order valence-electron chi connectivity index (χ4n) is 2.36. The fraction of sp³-hybridized carbons (Fsp3) is 0.267. The normalized spacial score (nSPS) is 12.9. The van der Waals surface area contributed by atoms with Gasteiger partial charge in [-0.3, -0.25) is 4.68 Å². The average molecular weight is 255 g/mol. The van der Waals surface area contributed by atoms with Gasteiger partial charge in [0.05, 0.1) is 12.5 Å². The van der Waals surface area contributed by atoms with E-state index in [0.29, 0.717) is 0 Å². The lowest BCUT2D eigenvalue weighted by Crippen LogP contribution is -2.10. The number of nitrogens with zero attached hydrogens (tertiary/aromatic N) is 2. The smallest absolute Gasteiger partial charge is 0.134 e. The molecule has 3 aromatic rings. The van der Waals surface area contributed by atoms with Crippen LogP contribution in [-0.4, -0.2) is 9.78 Å². The molecule has 0 aliphatic rings. The highest BCUT2D eigenvalue weighted by Gasteiger charge is 2.13. The lowest BCUT2D eigenvalue weighted by atomic mass is 10.0. The molecule has 0 fully saturated rings. The number of hydrogen-bond acceptors (Lipinski definition) is 3. The molecule has 2 aromatic heterocycles. The van der Waals surface area contributed by atoms with Crippen LogP contribution in [0.5, 0.6) is 0 Å². The minimum absolute atomic E-state index is 0.0103. The molecule has 1 unspecified atom stereocenters. The van der Waals surface area contributed by atoms with E-state index in [1.54, 1.807) is 6.26 Å². The largest absolute Gasteiger partial charge is 0.464 e. The van der Waals surface area contributed by atoms with Crippen molar-refractivity contribution in [3.63, 3.8) is 0 Å². The van der Waals surface area contributed by atoms with Crippen LogP contribution in [0.25, 0.3) is 11.0 Å². The van der Waals surface area contributed by atoms with Gasteiger partial charge in [0.1, 0.15) is 5.58 Å². The second kappa shape index (κ2) is 4.90. The topological polar surface area (TPSA) is 57.0 Å². The zero-order valence-corrected chi connectivity index (χ0v) is 10.9. The molecule has 0 radical (unpaired) electrons. The summed E-state index contributed by atoms with van der Waals surface area (Å²) in [5.74, 6) is 0. The number of hydrogen-bond donors (Lipinski definition) is 1. The van der Waals surface area contributed by atoms with Crippen molar-refractivity contribution in [3.8, 4) is 0 Å². The van der Waals surface area contributed by atoms with Crippen LogP contribution in [0.2, 0.25) is 0 Å². The molecule has 0 aliphatic carbocycles. The van der Waals surface area contributed by atoms with Crippen molar-refractivity contribution in [2.45, 2.75) is 18.9 Å². The average Bonchev–Trinajstić information content (AvgIpc) is 3.02. The van der Waals surface area contributed by atoms with E-state index in [9.17, 15) is 0 Å². The van der Waals surface area contributed by atoms with E-state index < -0.39 is 0 Å². The molecule has 0 bridgehead atoms. The van der Waals surface area contributed by atoms with E-state index in [1.165, 1.54) is 5.56 Å². The maximum atomic E-state index is 6.27. The van der Waals surface area contributed by atoms with Gasteiger partial charge in [-0.25, -0.2) is 0 Å². The third kappa shape index (κ3) is 2.39. The van der Waals surface area contributed by atoms with E-state index in [0.717, 1.165) is 29.4 Å². The minimum Gasteiger partial charge on any atom is -0.464 e. The summed E-state index contributed by atoms with van der Waals surface area (Å²) >= 11 is 0. The van der Waals surface area contributed by atoms with Crippen molar-refractivity contribution >= 4 is 11.0 Å². The zero-order valence-electron chi connectivity index (χ0n) is 10.9. The van der Waals surface area contributed by atoms with Gasteiger partial charge >= 0.3 is 0 Å². The van der Waals surface area contributed by atoms with Gasteiger partial charge in [-0.05, 0) is 24.5 Å². The van der Waals surface area contributed by atoms with Gasteiger partial charge in [0.15, 0.2) is 0 Å². The van der Waals surface area contributed by atoms with E-state index in [2.05, 4.69) is 11.2 Å². The van der Waals surface area contributed by atoms with Crippen LogP contribution in [-0.2, 0) is 13.5 Å². The highest BCUT2D eigenvalue weighted by atomic mass is 16.3. The maximum Gasteiger partial charge on any atom is 0.134 e. The molecule has 4 nitrogen and oxygen atoms in total. The molecular weight excluding hydrogens is 238 g/mol. The fourth-order valence-corrected chi connectivity index (χ4v) is 2.36. The first-order valence-electron chi connectivity index (χ1n) is 6.43. The van der Waals surface area contributed by atoms with Gasteiger partial charge in [-0.15, -0.1) is 0 Å². The Morgan fingerprint density at radius 1 is 1.37 bits per heavy atom. The standard InChI is InChI=1S/C15H17N3O/c1-18-9-11(8-17-18)6-7-14(16)13-10-19-15-5-3-2-4-12(13)15/h2-5,8-10,14H,6-7,16H2,1H3. The number of aryl methyl sites for hydroxylation is 2. The molecule has 2 N–H and O–H groups in total. The van der Waals surface area contributed by atoms with Crippen LogP contribution >= 0.6 is 0 Å². The quantitative estimate of drug-likeness (QED) is 0.780. The summed E-state index contributed by atoms with van der Waals surface area (Å²) in [5, 5.41) is 5.28. The van der Waals surface area contributed by atoms with Crippen LogP contribution in [0.4, 0.5) is 0 Å². The first-order chi connectivity index (χ1) is 9.24. The molecule has 0 saturated carbocycles. The molecule has 98 valence electrons. The Labute approximate surface area is 111 Å². The molecule has 0 spiro atoms. The zero-order chi connectivity index (χ0) is 13.2. The maximum absolute atomic E-state index is 6.27. The molecular formula is C15H17N3O. The molecule has 4 heteroatoms. The highest BCUT2D eigenvalue weighted by Crippen LogP contribution is 2.27. The van der Waals surface area contributed by atoms with Crippen molar-refractivity contribution < 1.29 is 4.42 Å². The molecule has 0 amide bonds. The van der Waals surface area contributed by atoms with Crippen molar-refractivity contribution in [3.05, 3.63) is 54.0 Å². The lowest BCUT2D eigenvalue weighted by molar-refractivity contribution is 0.589. The first-order valence-corrected chi connectivity index (χ1v) is 6.43. The molecule has 0 saturated heterocycles. The first kappa shape index (κ1) is 12.0. The Balaban J connectivity index is 1.75. The van der Waals surface area contributed by atoms with Gasteiger partial charge in [-0.1, -0.05) is 18.2 Å². The Morgan fingerprint density at radius 2 is 2.21 bits per heavy atom. The van der Waals surface area contributed by atoms with Gasteiger partial charge < -0.3 is 10.2 Å². The molecule has 2 heterocycles. The van der Waals surface area contributed by atoms with Gasteiger partial charge in [-0.2, -0.15) is 5.10 Å². The van der Waals surface area contributed by atoms with Crippen LogP contribution < -0.4 is 5.73 Å². The number of fused-ring (bicyclic) bond motifs is 1. The lowest BCUT2D eigenvalue weighted by Gasteiger charge is -2.08. The Hall–Kier alpha value is -2.07. The summed E-state index contributed by atoms with van der Waals surface area (Å²) in [6.07, 6.45) is 7.50. The van der Waals surface area contributed by atoms with E-state index in [4.69, 9.17) is 10.2 Å². The van der Waals surface area contributed by atoms with Gasteiger partial charge in [0, 0.05) is 30.2 Å². The number of para-hydroxylation sites is 1. The molecule has 1 aromatic carbocycles. The second-order valence-corrected chi connectivity index (χ2v) is 4.85. The van der Waals surface area contributed by atoms with Crippen molar-refractivity contribution in [2.24, 2.45) is 12.8 Å². The van der Waals surface area contributed by atoms with Gasteiger partial charge in [0.25, 0.3) is 0 Å². The summed E-state index contributed by atoms with van der Waals surface area (Å²) in [4.78, 5) is 0. The molecule has 0 aliphatic heterocycles. The monoisotopic (exact) mass is 255 g/mol. The third-order valence-electron chi connectivity index (χ3n) is 3.41. The van der Waals surface area contributed by atoms with Crippen molar-refractivity contribution in [2.75, 3.05) is 0 Å². The number of benzene rings is 1. The van der Waals surface area contributed by atoms with Crippen molar-refractivity contribution in [1.29, 1.82) is 0 Å².